The summed E-state index contributed by atoms with van der Waals surface area (Å²) in [6.07, 6.45) is 2.51. The van der Waals surface area contributed by atoms with Crippen LogP contribution in [-0.4, -0.2) is 79.3 Å². The molecule has 1 atom stereocenters. The molecule has 1 unspecified atom stereocenters. The van der Waals surface area contributed by atoms with Gasteiger partial charge in [0.05, 0.1) is 13.2 Å². The summed E-state index contributed by atoms with van der Waals surface area (Å²) >= 11 is 0. The van der Waals surface area contributed by atoms with E-state index in [0.29, 0.717) is 12.2 Å². The van der Waals surface area contributed by atoms with Gasteiger partial charge >= 0.3 is 31.7 Å². The predicted octanol–water partition coefficient (Wildman–Crippen LogP) is 6.26. The lowest BCUT2D eigenvalue weighted by Gasteiger charge is -2.42. The maximum absolute atomic E-state index is 11.6. The lowest BCUT2D eigenvalue weighted by Crippen LogP contribution is -2.58. The molecule has 0 saturated carbocycles. The van der Waals surface area contributed by atoms with Gasteiger partial charge in [0.1, 0.15) is 6.10 Å². The molecule has 0 aromatic rings. The molecule has 0 bridgehead atoms. The van der Waals surface area contributed by atoms with Crippen LogP contribution in [0.2, 0.25) is 77.6 Å². The molecule has 0 rings (SSSR count). The van der Waals surface area contributed by atoms with Crippen molar-refractivity contribution in [2.75, 3.05) is 19.8 Å². The molecule has 8 nitrogen and oxygen atoms in total. The van der Waals surface area contributed by atoms with Gasteiger partial charge in [0.15, 0.2) is 16.6 Å². The van der Waals surface area contributed by atoms with Crippen molar-refractivity contribution in [2.24, 2.45) is 0 Å². The van der Waals surface area contributed by atoms with Crippen molar-refractivity contribution < 1.29 is 35.8 Å². The number of hydrogen-bond acceptors (Lipinski definition) is 8. The van der Waals surface area contributed by atoms with Gasteiger partial charge < -0.3 is 31.0 Å². The molecule has 1 N–H and O–H groups in total. The standard InChI is InChI=1S/C24H56O8Si5/c1-14-15-18-33(4,5)29-35(8,9)31-37(12,13)32-36(10,11)30-34(6,7)19-16-17-27-21-23(20-25)28-24(26)22(2)3/h23,25H,2,14-21H2,1,3-13H3. The molecular weight excluding hydrogens is 557 g/mol. The highest BCUT2D eigenvalue weighted by Gasteiger charge is 2.45. The highest BCUT2D eigenvalue weighted by atomic mass is 28.5. The van der Waals surface area contributed by atoms with Gasteiger partial charge in [0.2, 0.25) is 0 Å². The number of hydrogen-bond donors (Lipinski definition) is 1. The van der Waals surface area contributed by atoms with Crippen LogP contribution in [0.5, 0.6) is 0 Å². The van der Waals surface area contributed by atoms with E-state index in [4.69, 9.17) is 25.9 Å². The van der Waals surface area contributed by atoms with Crippen molar-refractivity contribution in [2.45, 2.75) is 117 Å². The fraction of sp³-hybridized carbons (Fsp3) is 0.875. The summed E-state index contributed by atoms with van der Waals surface area (Å²) in [5, 5.41) is 9.40. The second-order valence-electron chi connectivity index (χ2n) is 12.4. The normalized spacial score (nSPS) is 14.5. The number of unbranched alkanes of at least 4 members (excludes halogenated alkanes) is 1. The molecule has 13 heteroatoms. The smallest absolute Gasteiger partial charge is 0.333 e. The van der Waals surface area contributed by atoms with Gasteiger partial charge in [-0.15, -0.1) is 0 Å². The topological polar surface area (TPSA) is 92.7 Å². The van der Waals surface area contributed by atoms with Crippen molar-refractivity contribution in [1.29, 1.82) is 0 Å². The molecule has 0 aliphatic carbocycles. The van der Waals surface area contributed by atoms with Crippen molar-refractivity contribution in [3.05, 3.63) is 12.2 Å². The van der Waals surface area contributed by atoms with Crippen LogP contribution < -0.4 is 0 Å². The van der Waals surface area contributed by atoms with Crippen LogP contribution in [0.1, 0.15) is 33.1 Å². The van der Waals surface area contributed by atoms with E-state index < -0.39 is 54.4 Å². The van der Waals surface area contributed by atoms with Gasteiger partial charge in [-0.1, -0.05) is 26.3 Å². The Balaban J connectivity index is 4.75. The molecular formula is C24H56O8Si5. The van der Waals surface area contributed by atoms with E-state index in [0.717, 1.165) is 18.5 Å². The minimum Gasteiger partial charge on any atom is -0.454 e. The molecule has 0 aromatic carbocycles. The van der Waals surface area contributed by atoms with Gasteiger partial charge in [-0.25, -0.2) is 4.79 Å². The number of rotatable bonds is 20. The zero-order valence-electron chi connectivity index (χ0n) is 25.7. The molecule has 0 spiro atoms. The number of aliphatic hydroxyl groups is 1. The minimum absolute atomic E-state index is 0.151. The Morgan fingerprint density at radius 2 is 1.22 bits per heavy atom. The minimum atomic E-state index is -2.47. The largest absolute Gasteiger partial charge is 0.454 e. The van der Waals surface area contributed by atoms with Gasteiger partial charge in [-0.2, -0.15) is 0 Å². The fourth-order valence-electron chi connectivity index (χ4n) is 4.47. The van der Waals surface area contributed by atoms with Crippen LogP contribution in [0.3, 0.4) is 0 Å². The van der Waals surface area contributed by atoms with Gasteiger partial charge in [-0.3, -0.25) is 0 Å². The zero-order valence-corrected chi connectivity index (χ0v) is 30.7. The highest BCUT2D eigenvalue weighted by molar-refractivity contribution is 6.90. The Kier molecular flexibility index (Phi) is 15.8. The summed E-state index contributed by atoms with van der Waals surface area (Å²) in [6.45, 7) is 29.4. The van der Waals surface area contributed by atoms with Crippen LogP contribution in [0, 0.1) is 0 Å². The van der Waals surface area contributed by atoms with E-state index in [1.54, 1.807) is 6.92 Å². The number of esters is 1. The van der Waals surface area contributed by atoms with E-state index in [2.05, 4.69) is 79.0 Å². The Morgan fingerprint density at radius 1 is 0.784 bits per heavy atom. The second kappa shape index (κ2) is 15.7. The molecule has 0 amide bonds. The number of carbonyl (C=O) groups is 1. The Labute approximate surface area is 232 Å². The molecule has 0 radical (unpaired) electrons. The van der Waals surface area contributed by atoms with Crippen LogP contribution >= 0.6 is 0 Å². The monoisotopic (exact) mass is 612 g/mol. The Morgan fingerprint density at radius 3 is 1.62 bits per heavy atom. The van der Waals surface area contributed by atoms with Crippen LogP contribution in [-0.2, 0) is 30.7 Å². The summed E-state index contributed by atoms with van der Waals surface area (Å²) < 4.78 is 37.4. The van der Waals surface area contributed by atoms with E-state index >= 15 is 0 Å². The summed E-state index contributed by atoms with van der Waals surface area (Å²) in [7, 11) is -11.0. The third-order valence-electron chi connectivity index (χ3n) is 5.36. The average molecular weight is 613 g/mol. The maximum atomic E-state index is 11.6. The lowest BCUT2D eigenvalue weighted by molar-refractivity contribution is -0.149. The molecule has 0 saturated heterocycles. The third kappa shape index (κ3) is 18.1. The third-order valence-corrected chi connectivity index (χ3v) is 24.7. The summed E-state index contributed by atoms with van der Waals surface area (Å²) in [5.74, 6) is -0.521. The number of ether oxygens (including phenoxy) is 2. The Bertz CT molecular complexity index is 713. The lowest BCUT2D eigenvalue weighted by atomic mass is 10.3. The van der Waals surface area contributed by atoms with Crippen LogP contribution in [0.4, 0.5) is 0 Å². The Hall–Kier alpha value is 0.0544. The molecule has 0 aliphatic heterocycles. The molecule has 0 heterocycles. The van der Waals surface area contributed by atoms with Gasteiger partial charge in [-0.05, 0) is 90.9 Å². The molecule has 0 aliphatic rings. The van der Waals surface area contributed by atoms with Crippen molar-refractivity contribution in [3.63, 3.8) is 0 Å². The first-order valence-corrected chi connectivity index (χ1v) is 28.2. The first kappa shape index (κ1) is 37.1. The summed E-state index contributed by atoms with van der Waals surface area (Å²) in [6, 6.07) is 2.06. The van der Waals surface area contributed by atoms with Crippen molar-refractivity contribution >= 4 is 48.3 Å². The van der Waals surface area contributed by atoms with E-state index in [-0.39, 0.29) is 13.2 Å². The quantitative estimate of drug-likeness (QED) is 0.0746. The predicted molar refractivity (Wildman–Crippen MR) is 163 cm³/mol. The number of carbonyl (C=O) groups excluding carboxylic acids is 1. The first-order valence-electron chi connectivity index (χ1n) is 13.5. The summed E-state index contributed by atoms with van der Waals surface area (Å²) in [5.41, 5.74) is 0.296. The molecule has 220 valence electrons. The van der Waals surface area contributed by atoms with Crippen LogP contribution in [0.15, 0.2) is 12.2 Å². The second-order valence-corrected chi connectivity index (χ2v) is 32.1. The SMILES string of the molecule is C=C(C)C(=O)OC(CO)COCCC[Si](C)(C)O[Si](C)(C)O[Si](C)(C)O[Si](C)(C)O[Si](C)(C)CCCC. The van der Waals surface area contributed by atoms with Crippen molar-refractivity contribution in [1.82, 2.24) is 0 Å². The van der Waals surface area contributed by atoms with Crippen molar-refractivity contribution in [3.8, 4) is 0 Å². The average Bonchev–Trinajstić information content (AvgIpc) is 2.66. The zero-order chi connectivity index (χ0) is 29.1. The highest BCUT2D eigenvalue weighted by Crippen LogP contribution is 2.28. The maximum Gasteiger partial charge on any atom is 0.333 e. The number of aliphatic hydroxyl groups excluding tert-OH is 1. The summed E-state index contributed by atoms with van der Waals surface area (Å²) in [4.78, 5) is 11.6. The van der Waals surface area contributed by atoms with Crippen LogP contribution in [0.25, 0.3) is 0 Å². The van der Waals surface area contributed by atoms with Gasteiger partial charge in [0.25, 0.3) is 0 Å². The van der Waals surface area contributed by atoms with E-state index in [1.807, 2.05) is 0 Å². The molecule has 37 heavy (non-hydrogen) atoms. The molecule has 0 aromatic heterocycles. The molecule has 0 fully saturated rings. The van der Waals surface area contributed by atoms with E-state index in [1.165, 1.54) is 12.8 Å². The van der Waals surface area contributed by atoms with E-state index in [9.17, 15) is 9.90 Å². The van der Waals surface area contributed by atoms with Gasteiger partial charge in [0, 0.05) is 12.2 Å². The fourth-order valence-corrected chi connectivity index (χ4v) is 29.2. The first-order chi connectivity index (χ1) is 16.6.